The molecule has 106 valence electrons. The van der Waals surface area contributed by atoms with Gasteiger partial charge in [-0.15, -0.1) is 0 Å². The van der Waals surface area contributed by atoms with Crippen LogP contribution in [-0.4, -0.2) is 30.8 Å². The monoisotopic (exact) mass is 297 g/mol. The van der Waals surface area contributed by atoms with Gasteiger partial charge >= 0.3 is 0 Å². The number of rotatable bonds is 3. The van der Waals surface area contributed by atoms with Crippen molar-refractivity contribution in [1.82, 2.24) is 10.2 Å². The van der Waals surface area contributed by atoms with Crippen LogP contribution in [0.1, 0.15) is 16.1 Å². The summed E-state index contributed by atoms with van der Waals surface area (Å²) in [6, 6.07) is 3.22. The molecule has 1 amide bonds. The number of nitrogens with zero attached hydrogens (tertiary/aromatic N) is 1. The quantitative estimate of drug-likeness (QED) is 0.840. The zero-order chi connectivity index (χ0) is 14.9. The first kappa shape index (κ1) is 14.2. The molecule has 8 heteroatoms. The number of hydrogen-bond acceptors (Lipinski definition) is 4. The first-order chi connectivity index (χ1) is 9.29. The van der Waals surface area contributed by atoms with Gasteiger partial charge in [0.05, 0.1) is 22.3 Å². The van der Waals surface area contributed by atoms with E-state index in [0.717, 1.165) is 24.5 Å². The molecule has 2 N–H and O–H groups in total. The van der Waals surface area contributed by atoms with Crippen LogP contribution < -0.4 is 5.32 Å². The minimum absolute atomic E-state index is 0.0712. The SMILES string of the molecule is Cc1[nH]ncc1C(=O)Nc1cc(S(C)(=O)=O)ccc1F. The molecule has 0 radical (unpaired) electrons. The van der Waals surface area contributed by atoms with E-state index in [-0.39, 0.29) is 16.1 Å². The van der Waals surface area contributed by atoms with Crippen LogP contribution in [0.3, 0.4) is 0 Å². The largest absolute Gasteiger partial charge is 0.319 e. The first-order valence-corrected chi connectivity index (χ1v) is 7.49. The van der Waals surface area contributed by atoms with Crippen molar-refractivity contribution in [2.45, 2.75) is 11.8 Å². The summed E-state index contributed by atoms with van der Waals surface area (Å²) in [7, 11) is -3.48. The van der Waals surface area contributed by atoms with E-state index in [0.29, 0.717) is 5.69 Å². The number of amides is 1. The van der Waals surface area contributed by atoms with Gasteiger partial charge in [0.1, 0.15) is 5.82 Å². The Hall–Kier alpha value is -2.22. The molecule has 1 aromatic carbocycles. The summed E-state index contributed by atoms with van der Waals surface area (Å²) in [6.07, 6.45) is 2.31. The van der Waals surface area contributed by atoms with E-state index in [9.17, 15) is 17.6 Å². The summed E-state index contributed by atoms with van der Waals surface area (Å²) >= 11 is 0. The van der Waals surface area contributed by atoms with Crippen molar-refractivity contribution in [1.29, 1.82) is 0 Å². The number of hydrogen-bond donors (Lipinski definition) is 2. The Morgan fingerprint density at radius 3 is 2.65 bits per heavy atom. The fraction of sp³-hybridized carbons (Fsp3) is 0.167. The Bertz CT molecular complexity index is 768. The van der Waals surface area contributed by atoms with Crippen molar-refractivity contribution in [2.24, 2.45) is 0 Å². The third kappa shape index (κ3) is 2.85. The zero-order valence-electron chi connectivity index (χ0n) is 10.8. The molecule has 0 unspecified atom stereocenters. The van der Waals surface area contributed by atoms with Gasteiger partial charge in [-0.2, -0.15) is 5.10 Å². The molecule has 0 spiro atoms. The highest BCUT2D eigenvalue weighted by molar-refractivity contribution is 7.90. The van der Waals surface area contributed by atoms with Crippen molar-refractivity contribution in [2.75, 3.05) is 11.6 Å². The maximum atomic E-state index is 13.6. The minimum atomic E-state index is -3.48. The fourth-order valence-corrected chi connectivity index (χ4v) is 2.25. The van der Waals surface area contributed by atoms with Crippen LogP contribution in [0.15, 0.2) is 29.3 Å². The molecule has 0 bridgehead atoms. The second-order valence-corrected chi connectivity index (χ2v) is 6.29. The molecule has 0 atom stereocenters. The van der Waals surface area contributed by atoms with Gasteiger partial charge in [0.15, 0.2) is 9.84 Å². The zero-order valence-corrected chi connectivity index (χ0v) is 11.6. The van der Waals surface area contributed by atoms with Crippen molar-refractivity contribution in [3.63, 3.8) is 0 Å². The van der Waals surface area contributed by atoms with Gasteiger partial charge in [-0.25, -0.2) is 12.8 Å². The van der Waals surface area contributed by atoms with E-state index in [2.05, 4.69) is 15.5 Å². The maximum Gasteiger partial charge on any atom is 0.259 e. The summed E-state index contributed by atoms with van der Waals surface area (Å²) in [4.78, 5) is 11.9. The lowest BCUT2D eigenvalue weighted by molar-refractivity contribution is 0.102. The molecule has 0 saturated heterocycles. The van der Waals surface area contributed by atoms with Crippen LogP contribution in [0.25, 0.3) is 0 Å². The number of benzene rings is 1. The Balaban J connectivity index is 2.34. The highest BCUT2D eigenvalue weighted by Crippen LogP contribution is 2.20. The number of sulfone groups is 1. The predicted molar refractivity (Wildman–Crippen MR) is 70.8 cm³/mol. The number of aryl methyl sites for hydroxylation is 1. The van der Waals surface area contributed by atoms with Crippen LogP contribution in [0.2, 0.25) is 0 Å². The number of aromatic nitrogens is 2. The van der Waals surface area contributed by atoms with Gasteiger partial charge in [0, 0.05) is 11.9 Å². The third-order valence-corrected chi connectivity index (χ3v) is 3.80. The van der Waals surface area contributed by atoms with Gasteiger partial charge in [-0.3, -0.25) is 9.89 Å². The number of anilines is 1. The van der Waals surface area contributed by atoms with Crippen molar-refractivity contribution < 1.29 is 17.6 Å². The number of aromatic amines is 1. The molecule has 2 aromatic rings. The molecule has 0 aliphatic carbocycles. The van der Waals surface area contributed by atoms with E-state index >= 15 is 0 Å². The van der Waals surface area contributed by atoms with Gasteiger partial charge in [0.2, 0.25) is 0 Å². The molecule has 0 saturated carbocycles. The van der Waals surface area contributed by atoms with Crippen molar-refractivity contribution >= 4 is 21.4 Å². The lowest BCUT2D eigenvalue weighted by atomic mass is 10.2. The maximum absolute atomic E-state index is 13.6. The van der Waals surface area contributed by atoms with Gasteiger partial charge < -0.3 is 5.32 Å². The fourth-order valence-electron chi connectivity index (χ4n) is 1.60. The average Bonchev–Trinajstić information content (AvgIpc) is 2.77. The smallest absolute Gasteiger partial charge is 0.259 e. The second kappa shape index (κ2) is 5.04. The molecular formula is C12H12FN3O3S. The van der Waals surface area contributed by atoms with E-state index in [4.69, 9.17) is 0 Å². The van der Waals surface area contributed by atoms with Crippen LogP contribution in [0, 0.1) is 12.7 Å². The Morgan fingerprint density at radius 2 is 2.10 bits per heavy atom. The molecule has 0 fully saturated rings. The summed E-state index contributed by atoms with van der Waals surface area (Å²) in [5, 5.41) is 8.60. The Morgan fingerprint density at radius 1 is 1.40 bits per heavy atom. The van der Waals surface area contributed by atoms with Crippen LogP contribution >= 0.6 is 0 Å². The van der Waals surface area contributed by atoms with Crippen LogP contribution in [0.5, 0.6) is 0 Å². The van der Waals surface area contributed by atoms with Gasteiger partial charge in [0.25, 0.3) is 5.91 Å². The number of H-pyrrole nitrogens is 1. The summed E-state index contributed by atoms with van der Waals surface area (Å²) in [5.41, 5.74) is 0.592. The lowest BCUT2D eigenvalue weighted by Crippen LogP contribution is -2.14. The standard InChI is InChI=1S/C12H12FN3O3S/c1-7-9(6-14-16-7)12(17)15-11-5-8(20(2,18)19)3-4-10(11)13/h3-6H,1-2H3,(H,14,16)(H,15,17). The second-order valence-electron chi connectivity index (χ2n) is 4.28. The normalized spacial score (nSPS) is 11.3. The van der Waals surface area contributed by atoms with Crippen LogP contribution in [-0.2, 0) is 9.84 Å². The topological polar surface area (TPSA) is 91.9 Å². The third-order valence-electron chi connectivity index (χ3n) is 2.69. The molecule has 6 nitrogen and oxygen atoms in total. The lowest BCUT2D eigenvalue weighted by Gasteiger charge is -2.07. The molecule has 1 heterocycles. The minimum Gasteiger partial charge on any atom is -0.319 e. The Kier molecular flexibility index (Phi) is 3.58. The molecule has 0 aliphatic heterocycles. The molecule has 0 aliphatic rings. The molecular weight excluding hydrogens is 285 g/mol. The molecule has 20 heavy (non-hydrogen) atoms. The Labute approximate surface area is 114 Å². The van der Waals surface area contributed by atoms with E-state index in [1.54, 1.807) is 6.92 Å². The first-order valence-electron chi connectivity index (χ1n) is 5.60. The van der Waals surface area contributed by atoms with E-state index in [1.165, 1.54) is 6.20 Å². The molecule has 2 rings (SSSR count). The predicted octanol–water partition coefficient (Wildman–Crippen LogP) is 1.51. The van der Waals surface area contributed by atoms with Gasteiger partial charge in [-0.1, -0.05) is 0 Å². The van der Waals surface area contributed by atoms with E-state index in [1.807, 2.05) is 0 Å². The number of halogens is 1. The highest BCUT2D eigenvalue weighted by Gasteiger charge is 2.15. The van der Waals surface area contributed by atoms with Crippen molar-refractivity contribution in [3.8, 4) is 0 Å². The number of nitrogens with one attached hydrogen (secondary N) is 2. The van der Waals surface area contributed by atoms with E-state index < -0.39 is 21.6 Å². The highest BCUT2D eigenvalue weighted by atomic mass is 32.2. The average molecular weight is 297 g/mol. The summed E-state index contributed by atoms with van der Waals surface area (Å²) < 4.78 is 36.5. The van der Waals surface area contributed by atoms with Gasteiger partial charge in [-0.05, 0) is 25.1 Å². The summed E-state index contributed by atoms with van der Waals surface area (Å²) in [6.45, 7) is 1.64. The van der Waals surface area contributed by atoms with Crippen molar-refractivity contribution in [3.05, 3.63) is 41.5 Å². The van der Waals surface area contributed by atoms with Crippen LogP contribution in [0.4, 0.5) is 10.1 Å². The molecule has 1 aromatic heterocycles. The summed E-state index contributed by atoms with van der Waals surface area (Å²) in [5.74, 6) is -1.28. The number of carbonyl (C=O) groups excluding carboxylic acids is 1. The number of carbonyl (C=O) groups is 1.